The first-order chi connectivity index (χ1) is 7.20. The smallest absolute Gasteiger partial charge is 0.0610 e. The van der Waals surface area contributed by atoms with Crippen molar-refractivity contribution in [3.63, 3.8) is 0 Å². The van der Waals surface area contributed by atoms with Crippen LogP contribution >= 0.6 is 11.8 Å². The van der Waals surface area contributed by atoms with Crippen LogP contribution in [0.2, 0.25) is 0 Å². The van der Waals surface area contributed by atoms with Gasteiger partial charge in [-0.15, -0.1) is 0 Å². The molecule has 0 heterocycles. The molecule has 0 amide bonds. The maximum atomic E-state index is 9.22. The maximum Gasteiger partial charge on any atom is 0.0610 e. The molecule has 2 N–H and O–H groups in total. The van der Waals surface area contributed by atoms with Gasteiger partial charge in [-0.25, -0.2) is 0 Å². The van der Waals surface area contributed by atoms with E-state index in [1.165, 1.54) is 31.4 Å². The van der Waals surface area contributed by atoms with E-state index in [9.17, 15) is 5.11 Å². The van der Waals surface area contributed by atoms with Crippen LogP contribution in [0.3, 0.4) is 0 Å². The zero-order valence-electron chi connectivity index (χ0n) is 10.1. The molecule has 0 bridgehead atoms. The lowest BCUT2D eigenvalue weighted by Gasteiger charge is -2.26. The Morgan fingerprint density at radius 2 is 2.07 bits per heavy atom. The van der Waals surface area contributed by atoms with Crippen LogP contribution < -0.4 is 5.32 Å². The van der Waals surface area contributed by atoms with E-state index in [1.807, 2.05) is 7.05 Å². The van der Waals surface area contributed by atoms with Gasteiger partial charge in [-0.3, -0.25) is 0 Å². The third-order valence-corrected chi connectivity index (χ3v) is 4.78. The molecule has 3 heteroatoms. The standard InChI is InChI=1S/C12H25NOS/c1-12(10-14,13-2)7-8-15-9-11-5-3-4-6-11/h11,13-14H,3-10H2,1-2H3. The lowest BCUT2D eigenvalue weighted by molar-refractivity contribution is 0.179. The highest BCUT2D eigenvalue weighted by Gasteiger charge is 2.20. The van der Waals surface area contributed by atoms with E-state index in [0.717, 1.165) is 18.1 Å². The highest BCUT2D eigenvalue weighted by molar-refractivity contribution is 7.99. The Morgan fingerprint density at radius 1 is 1.40 bits per heavy atom. The van der Waals surface area contributed by atoms with E-state index >= 15 is 0 Å². The van der Waals surface area contributed by atoms with Gasteiger partial charge in [-0.1, -0.05) is 12.8 Å². The monoisotopic (exact) mass is 231 g/mol. The minimum atomic E-state index is -0.0807. The molecule has 90 valence electrons. The highest BCUT2D eigenvalue weighted by atomic mass is 32.2. The normalized spacial score (nSPS) is 21.8. The van der Waals surface area contributed by atoms with Gasteiger partial charge in [0.05, 0.1) is 6.61 Å². The van der Waals surface area contributed by atoms with Gasteiger partial charge in [-0.05, 0) is 50.7 Å². The Hall–Kier alpha value is 0.270. The molecule has 1 atom stereocenters. The van der Waals surface area contributed by atoms with Crippen molar-refractivity contribution in [2.24, 2.45) is 5.92 Å². The minimum absolute atomic E-state index is 0.0807. The Labute approximate surface area is 98.2 Å². The summed E-state index contributed by atoms with van der Waals surface area (Å²) < 4.78 is 0. The lowest BCUT2D eigenvalue weighted by atomic mass is 10.0. The van der Waals surface area contributed by atoms with Crippen LogP contribution in [0.1, 0.15) is 39.0 Å². The summed E-state index contributed by atoms with van der Waals surface area (Å²) in [5.41, 5.74) is -0.0807. The van der Waals surface area contributed by atoms with Crippen LogP contribution in [0.25, 0.3) is 0 Å². The molecule has 0 aromatic rings. The van der Waals surface area contributed by atoms with Gasteiger partial charge in [-0.2, -0.15) is 11.8 Å². The van der Waals surface area contributed by atoms with E-state index in [2.05, 4.69) is 24.0 Å². The van der Waals surface area contributed by atoms with E-state index < -0.39 is 0 Å². The Bertz CT molecular complexity index is 165. The van der Waals surface area contributed by atoms with Crippen molar-refractivity contribution < 1.29 is 5.11 Å². The summed E-state index contributed by atoms with van der Waals surface area (Å²) in [6.07, 6.45) is 6.82. The van der Waals surface area contributed by atoms with Crippen LogP contribution in [0.5, 0.6) is 0 Å². The second-order valence-corrected chi connectivity index (χ2v) is 6.09. The Balaban J connectivity index is 2.04. The first-order valence-electron chi connectivity index (χ1n) is 6.08. The van der Waals surface area contributed by atoms with Gasteiger partial charge in [0.15, 0.2) is 0 Å². The van der Waals surface area contributed by atoms with E-state index in [-0.39, 0.29) is 12.1 Å². The second kappa shape index (κ2) is 6.77. The van der Waals surface area contributed by atoms with Crippen LogP contribution in [0.4, 0.5) is 0 Å². The van der Waals surface area contributed by atoms with Crippen molar-refractivity contribution in [3.05, 3.63) is 0 Å². The molecule has 0 saturated heterocycles. The van der Waals surface area contributed by atoms with Gasteiger partial charge in [0, 0.05) is 5.54 Å². The Morgan fingerprint density at radius 3 is 2.60 bits per heavy atom. The second-order valence-electron chi connectivity index (χ2n) is 4.94. The molecular weight excluding hydrogens is 206 g/mol. The number of thioether (sulfide) groups is 1. The number of hydrogen-bond acceptors (Lipinski definition) is 3. The van der Waals surface area contributed by atoms with Crippen LogP contribution in [0, 0.1) is 5.92 Å². The lowest BCUT2D eigenvalue weighted by Crippen LogP contribution is -2.43. The largest absolute Gasteiger partial charge is 0.394 e. The molecule has 1 aliphatic carbocycles. The van der Waals surface area contributed by atoms with E-state index in [1.54, 1.807) is 0 Å². The molecule has 1 aliphatic rings. The van der Waals surface area contributed by atoms with Gasteiger partial charge < -0.3 is 10.4 Å². The Kier molecular flexibility index (Phi) is 6.02. The quantitative estimate of drug-likeness (QED) is 0.659. The molecule has 0 radical (unpaired) electrons. The summed E-state index contributed by atoms with van der Waals surface area (Å²) in [5, 5.41) is 12.4. The topological polar surface area (TPSA) is 32.3 Å². The van der Waals surface area contributed by atoms with Crippen molar-refractivity contribution in [1.29, 1.82) is 0 Å². The van der Waals surface area contributed by atoms with Crippen LogP contribution in [0.15, 0.2) is 0 Å². The minimum Gasteiger partial charge on any atom is -0.394 e. The fourth-order valence-corrected chi connectivity index (χ4v) is 3.44. The summed E-state index contributed by atoms with van der Waals surface area (Å²) >= 11 is 2.06. The van der Waals surface area contributed by atoms with Crippen molar-refractivity contribution >= 4 is 11.8 Å². The molecule has 1 saturated carbocycles. The van der Waals surface area contributed by atoms with Gasteiger partial charge in [0.2, 0.25) is 0 Å². The van der Waals surface area contributed by atoms with Crippen molar-refractivity contribution in [2.45, 2.75) is 44.6 Å². The molecule has 1 unspecified atom stereocenters. The van der Waals surface area contributed by atoms with Gasteiger partial charge in [0.25, 0.3) is 0 Å². The molecule has 0 aromatic carbocycles. The van der Waals surface area contributed by atoms with Gasteiger partial charge >= 0.3 is 0 Å². The third kappa shape index (κ3) is 4.75. The summed E-state index contributed by atoms with van der Waals surface area (Å²) in [7, 11) is 1.93. The van der Waals surface area contributed by atoms with Crippen molar-refractivity contribution in [2.75, 3.05) is 25.2 Å². The average molecular weight is 231 g/mol. The van der Waals surface area contributed by atoms with Crippen molar-refractivity contribution in [3.8, 4) is 0 Å². The molecule has 0 spiro atoms. The molecule has 0 aromatic heterocycles. The summed E-state index contributed by atoms with van der Waals surface area (Å²) in [6.45, 7) is 2.32. The maximum absolute atomic E-state index is 9.22. The summed E-state index contributed by atoms with van der Waals surface area (Å²) in [6, 6.07) is 0. The van der Waals surface area contributed by atoms with E-state index in [4.69, 9.17) is 0 Å². The molecule has 0 aliphatic heterocycles. The predicted octanol–water partition coefficient (Wildman–Crippen LogP) is 2.27. The van der Waals surface area contributed by atoms with Crippen molar-refractivity contribution in [1.82, 2.24) is 5.32 Å². The predicted molar refractivity (Wildman–Crippen MR) is 68.5 cm³/mol. The number of likely N-dealkylation sites (N-methyl/N-ethyl adjacent to an activating group) is 1. The van der Waals surface area contributed by atoms with Gasteiger partial charge in [0.1, 0.15) is 0 Å². The molecule has 2 nitrogen and oxygen atoms in total. The van der Waals surface area contributed by atoms with E-state index in [0.29, 0.717) is 0 Å². The third-order valence-electron chi connectivity index (χ3n) is 3.58. The zero-order chi connectivity index (χ0) is 11.1. The molecule has 1 rings (SSSR count). The van der Waals surface area contributed by atoms with Crippen LogP contribution in [-0.4, -0.2) is 35.8 Å². The number of hydrogen-bond donors (Lipinski definition) is 2. The number of nitrogens with one attached hydrogen (secondary N) is 1. The summed E-state index contributed by atoms with van der Waals surface area (Å²) in [5.74, 6) is 3.46. The summed E-state index contributed by atoms with van der Waals surface area (Å²) in [4.78, 5) is 0. The number of rotatable bonds is 7. The number of aliphatic hydroxyl groups excluding tert-OH is 1. The number of aliphatic hydroxyl groups is 1. The zero-order valence-corrected chi connectivity index (χ0v) is 10.9. The molecule has 15 heavy (non-hydrogen) atoms. The van der Waals surface area contributed by atoms with Crippen LogP contribution in [-0.2, 0) is 0 Å². The first kappa shape index (κ1) is 13.3. The highest BCUT2D eigenvalue weighted by Crippen LogP contribution is 2.28. The SMILES string of the molecule is CNC(C)(CO)CCSCC1CCCC1. The molecule has 1 fully saturated rings. The fourth-order valence-electron chi connectivity index (χ4n) is 2.01. The average Bonchev–Trinajstić information content (AvgIpc) is 2.77. The fraction of sp³-hybridized carbons (Fsp3) is 1.00. The molecular formula is C12H25NOS. The first-order valence-corrected chi connectivity index (χ1v) is 7.23.